The van der Waals surface area contributed by atoms with Gasteiger partial charge in [0.15, 0.2) is 0 Å². The van der Waals surface area contributed by atoms with E-state index in [1.165, 1.54) is 0 Å². The minimum absolute atomic E-state index is 0.00491. The van der Waals surface area contributed by atoms with Crippen LogP contribution in [0.2, 0.25) is 0 Å². The second-order valence-corrected chi connectivity index (χ2v) is 4.07. The van der Waals surface area contributed by atoms with Gasteiger partial charge in [0.25, 0.3) is 0 Å². The molecule has 0 aromatic carbocycles. The van der Waals surface area contributed by atoms with E-state index in [1.807, 2.05) is 0 Å². The second-order valence-electron chi connectivity index (χ2n) is 4.07. The van der Waals surface area contributed by atoms with Gasteiger partial charge in [-0.1, -0.05) is 0 Å². The van der Waals surface area contributed by atoms with Gasteiger partial charge in [0.05, 0.1) is 24.2 Å². The fourth-order valence-electron chi connectivity index (χ4n) is 2.85. The highest BCUT2D eigenvalue weighted by Gasteiger charge is 2.59. The van der Waals surface area contributed by atoms with Crippen molar-refractivity contribution in [2.75, 3.05) is 6.61 Å². The first-order valence-corrected chi connectivity index (χ1v) is 4.64. The van der Waals surface area contributed by atoms with Gasteiger partial charge in [-0.3, -0.25) is 4.79 Å². The van der Waals surface area contributed by atoms with Gasteiger partial charge in [-0.2, -0.15) is 0 Å². The number of esters is 1. The Hall–Kier alpha value is -0.570. The molecule has 3 aliphatic rings. The topological polar surface area (TPSA) is 35.5 Å². The molecule has 0 radical (unpaired) electrons. The first kappa shape index (κ1) is 6.89. The molecule has 0 aromatic heterocycles. The smallest absolute Gasteiger partial charge is 0.314 e. The van der Waals surface area contributed by atoms with Crippen LogP contribution in [-0.4, -0.2) is 24.8 Å². The Bertz CT molecular complexity index is 238. The maximum atomic E-state index is 11.5. The summed E-state index contributed by atoms with van der Waals surface area (Å²) >= 11 is 0. The predicted molar refractivity (Wildman–Crippen MR) is 40.5 cm³/mol. The summed E-state index contributed by atoms with van der Waals surface area (Å²) < 4.78 is 10.7. The second kappa shape index (κ2) is 2.02. The molecule has 0 aromatic rings. The lowest BCUT2D eigenvalue weighted by atomic mass is 9.73. The molecular weight excluding hydrogens is 156 g/mol. The summed E-state index contributed by atoms with van der Waals surface area (Å²) in [4.78, 5) is 11.5. The van der Waals surface area contributed by atoms with Gasteiger partial charge in [0, 0.05) is 6.42 Å². The molecule has 66 valence electrons. The Kier molecular flexibility index (Phi) is 1.16. The van der Waals surface area contributed by atoms with Crippen molar-refractivity contribution >= 4 is 5.97 Å². The van der Waals surface area contributed by atoms with Crippen LogP contribution in [0.25, 0.3) is 0 Å². The van der Waals surface area contributed by atoms with Gasteiger partial charge in [-0.05, 0) is 19.3 Å². The summed E-state index contributed by atoms with van der Waals surface area (Å²) in [5.41, 5.74) is -0.219. The Morgan fingerprint density at radius 3 is 2.83 bits per heavy atom. The number of carbonyl (C=O) groups is 1. The lowest BCUT2D eigenvalue weighted by Crippen LogP contribution is -2.36. The van der Waals surface area contributed by atoms with E-state index in [4.69, 9.17) is 9.47 Å². The molecule has 0 N–H and O–H groups in total. The zero-order chi connectivity index (χ0) is 8.18. The van der Waals surface area contributed by atoms with Crippen molar-refractivity contribution in [3.05, 3.63) is 0 Å². The molecule has 0 saturated carbocycles. The summed E-state index contributed by atoms with van der Waals surface area (Å²) in [5, 5.41) is 0. The lowest BCUT2D eigenvalue weighted by molar-refractivity contribution is -0.148. The zero-order valence-electron chi connectivity index (χ0n) is 6.91. The first-order valence-electron chi connectivity index (χ1n) is 4.64. The van der Waals surface area contributed by atoms with Crippen LogP contribution in [0.3, 0.4) is 0 Å². The Labute approximate surface area is 71.0 Å². The number of ether oxygens (including phenoxy) is 2. The van der Waals surface area contributed by atoms with E-state index >= 15 is 0 Å². The van der Waals surface area contributed by atoms with Gasteiger partial charge in [-0.15, -0.1) is 0 Å². The lowest BCUT2D eigenvalue weighted by Gasteiger charge is -2.25. The van der Waals surface area contributed by atoms with Crippen LogP contribution < -0.4 is 0 Å². The average molecular weight is 168 g/mol. The highest BCUT2D eigenvalue weighted by molar-refractivity contribution is 5.80. The number of fused-ring (bicyclic) bond motifs is 3. The molecule has 3 atom stereocenters. The SMILES string of the molecule is O=C1OCCC12CC1CCC2O1. The van der Waals surface area contributed by atoms with Crippen molar-refractivity contribution in [3.63, 3.8) is 0 Å². The van der Waals surface area contributed by atoms with Crippen LogP contribution in [0, 0.1) is 5.41 Å². The minimum atomic E-state index is -0.219. The van der Waals surface area contributed by atoms with Crippen molar-refractivity contribution in [2.24, 2.45) is 5.41 Å². The molecule has 3 heterocycles. The number of hydrogen-bond donors (Lipinski definition) is 0. The number of rotatable bonds is 0. The molecule has 3 nitrogen and oxygen atoms in total. The number of cyclic esters (lactones) is 1. The normalized spacial score (nSPS) is 50.5. The van der Waals surface area contributed by atoms with Crippen molar-refractivity contribution < 1.29 is 14.3 Å². The summed E-state index contributed by atoms with van der Waals surface area (Å²) in [7, 11) is 0. The summed E-state index contributed by atoms with van der Waals surface area (Å²) in [6.07, 6.45) is 4.52. The molecule has 12 heavy (non-hydrogen) atoms. The zero-order valence-corrected chi connectivity index (χ0v) is 6.91. The van der Waals surface area contributed by atoms with Gasteiger partial charge in [0.2, 0.25) is 0 Å². The molecule has 3 aliphatic heterocycles. The van der Waals surface area contributed by atoms with E-state index < -0.39 is 0 Å². The van der Waals surface area contributed by atoms with Crippen molar-refractivity contribution in [1.29, 1.82) is 0 Å². The standard InChI is InChI=1S/C9H12O3/c10-8-9(3-4-11-8)5-6-1-2-7(9)12-6/h6-7H,1-5H2. The fraction of sp³-hybridized carbons (Fsp3) is 0.889. The van der Waals surface area contributed by atoms with Gasteiger partial charge >= 0.3 is 5.97 Å². The van der Waals surface area contributed by atoms with E-state index in [0.717, 1.165) is 25.7 Å². The van der Waals surface area contributed by atoms with Crippen LogP contribution in [0.5, 0.6) is 0 Å². The molecule has 3 heteroatoms. The summed E-state index contributed by atoms with van der Waals surface area (Å²) in [6, 6.07) is 0. The molecule has 2 bridgehead atoms. The Balaban J connectivity index is 1.96. The Morgan fingerprint density at radius 1 is 1.42 bits per heavy atom. The molecule has 3 rings (SSSR count). The van der Waals surface area contributed by atoms with Gasteiger partial charge in [0.1, 0.15) is 0 Å². The fourth-order valence-corrected chi connectivity index (χ4v) is 2.85. The van der Waals surface area contributed by atoms with Crippen molar-refractivity contribution in [2.45, 2.75) is 37.9 Å². The van der Waals surface area contributed by atoms with Crippen LogP contribution in [0.1, 0.15) is 25.7 Å². The predicted octanol–water partition coefficient (Wildman–Crippen LogP) is 0.871. The van der Waals surface area contributed by atoms with E-state index in [0.29, 0.717) is 12.7 Å². The first-order chi connectivity index (χ1) is 5.81. The molecule has 0 amide bonds. The van der Waals surface area contributed by atoms with Crippen molar-refractivity contribution in [1.82, 2.24) is 0 Å². The minimum Gasteiger partial charge on any atom is -0.465 e. The third-order valence-corrected chi connectivity index (χ3v) is 3.50. The molecule has 3 fully saturated rings. The maximum absolute atomic E-state index is 11.5. The molecule has 0 aliphatic carbocycles. The highest BCUT2D eigenvalue weighted by atomic mass is 16.6. The highest BCUT2D eigenvalue weighted by Crippen LogP contribution is 2.52. The molecule has 1 spiro atoms. The summed E-state index contributed by atoms with van der Waals surface area (Å²) in [6.45, 7) is 0.603. The van der Waals surface area contributed by atoms with Gasteiger partial charge < -0.3 is 9.47 Å². The van der Waals surface area contributed by atoms with Crippen LogP contribution >= 0.6 is 0 Å². The molecular formula is C9H12O3. The van der Waals surface area contributed by atoms with Crippen LogP contribution in [0.4, 0.5) is 0 Å². The molecule has 3 unspecified atom stereocenters. The monoisotopic (exact) mass is 168 g/mol. The average Bonchev–Trinajstić information content (AvgIpc) is 2.69. The van der Waals surface area contributed by atoms with Crippen LogP contribution in [0.15, 0.2) is 0 Å². The molecule has 3 saturated heterocycles. The third kappa shape index (κ3) is 0.637. The third-order valence-electron chi connectivity index (χ3n) is 3.50. The van der Waals surface area contributed by atoms with E-state index in [1.54, 1.807) is 0 Å². The van der Waals surface area contributed by atoms with E-state index in [2.05, 4.69) is 0 Å². The number of hydrogen-bond acceptors (Lipinski definition) is 3. The van der Waals surface area contributed by atoms with E-state index in [9.17, 15) is 4.79 Å². The van der Waals surface area contributed by atoms with Crippen LogP contribution in [-0.2, 0) is 14.3 Å². The Morgan fingerprint density at radius 2 is 2.33 bits per heavy atom. The van der Waals surface area contributed by atoms with Gasteiger partial charge in [-0.25, -0.2) is 0 Å². The summed E-state index contributed by atoms with van der Waals surface area (Å²) in [5.74, 6) is -0.00491. The largest absolute Gasteiger partial charge is 0.465 e. The maximum Gasteiger partial charge on any atom is 0.314 e. The van der Waals surface area contributed by atoms with E-state index in [-0.39, 0.29) is 17.5 Å². The number of carbonyl (C=O) groups excluding carboxylic acids is 1. The quantitative estimate of drug-likeness (QED) is 0.503. The van der Waals surface area contributed by atoms with Crippen molar-refractivity contribution in [3.8, 4) is 0 Å².